The maximum Gasteiger partial charge on any atom is 0.191 e. The highest BCUT2D eigenvalue weighted by Crippen LogP contribution is 2.22. The zero-order valence-electron chi connectivity index (χ0n) is 17.2. The first-order chi connectivity index (χ1) is 14.1. The van der Waals surface area contributed by atoms with Crippen molar-refractivity contribution in [1.29, 1.82) is 0 Å². The highest BCUT2D eigenvalue weighted by Gasteiger charge is 2.17. The van der Waals surface area contributed by atoms with Gasteiger partial charge in [0.1, 0.15) is 11.6 Å². The van der Waals surface area contributed by atoms with Crippen LogP contribution in [0.5, 0.6) is 5.75 Å². The topological polar surface area (TPSA) is 54.9 Å². The summed E-state index contributed by atoms with van der Waals surface area (Å²) >= 11 is 0. The normalized spacial score (nSPS) is 16.7. The van der Waals surface area contributed by atoms with E-state index in [-0.39, 0.29) is 5.82 Å². The minimum atomic E-state index is -0.207. The quantitative estimate of drug-likeness (QED) is 0.527. The summed E-state index contributed by atoms with van der Waals surface area (Å²) in [6, 6.07) is 12.9. The van der Waals surface area contributed by atoms with Crippen molar-refractivity contribution in [3.63, 3.8) is 0 Å². The van der Waals surface area contributed by atoms with Gasteiger partial charge in [0.2, 0.25) is 0 Å². The Morgan fingerprint density at radius 1 is 1.24 bits per heavy atom. The summed E-state index contributed by atoms with van der Waals surface area (Å²) in [6.45, 7) is 5.63. The molecule has 1 saturated heterocycles. The van der Waals surface area contributed by atoms with E-state index in [1.54, 1.807) is 19.2 Å². The summed E-state index contributed by atoms with van der Waals surface area (Å²) in [6.07, 6.45) is 1.78. The molecule has 0 bridgehead atoms. The molecule has 6 heteroatoms. The Hall–Kier alpha value is -2.60. The summed E-state index contributed by atoms with van der Waals surface area (Å²) in [5.41, 5.74) is 3.21. The van der Waals surface area contributed by atoms with Crippen LogP contribution >= 0.6 is 0 Å². The Morgan fingerprint density at radius 2 is 2.14 bits per heavy atom. The van der Waals surface area contributed by atoms with E-state index in [1.807, 2.05) is 6.07 Å². The maximum absolute atomic E-state index is 13.3. The van der Waals surface area contributed by atoms with Crippen molar-refractivity contribution in [2.24, 2.45) is 10.9 Å². The lowest BCUT2D eigenvalue weighted by molar-refractivity contribution is 0.166. The Bertz CT molecular complexity index is 820. The molecule has 1 unspecified atom stereocenters. The molecule has 2 aromatic rings. The molecule has 5 nitrogen and oxygen atoms in total. The number of aliphatic imine (C=N–C) groups is 1. The molecule has 1 atom stereocenters. The largest absolute Gasteiger partial charge is 0.493 e. The van der Waals surface area contributed by atoms with E-state index in [0.29, 0.717) is 31.6 Å². The van der Waals surface area contributed by atoms with Crippen LogP contribution in [0.15, 0.2) is 47.5 Å². The predicted octanol–water partition coefficient (Wildman–Crippen LogP) is 3.46. The number of halogens is 1. The summed E-state index contributed by atoms with van der Waals surface area (Å²) in [7, 11) is 1.74. The van der Waals surface area contributed by atoms with Crippen molar-refractivity contribution in [1.82, 2.24) is 10.6 Å². The summed E-state index contributed by atoms with van der Waals surface area (Å²) in [5.74, 6) is 1.87. The van der Waals surface area contributed by atoms with Gasteiger partial charge in [-0.25, -0.2) is 4.39 Å². The van der Waals surface area contributed by atoms with Gasteiger partial charge in [0.25, 0.3) is 0 Å². The van der Waals surface area contributed by atoms with E-state index in [9.17, 15) is 4.39 Å². The number of benzene rings is 2. The van der Waals surface area contributed by atoms with Crippen molar-refractivity contribution < 1.29 is 13.9 Å². The monoisotopic (exact) mass is 399 g/mol. The lowest BCUT2D eigenvalue weighted by atomic mass is 10.1. The molecule has 0 spiro atoms. The first-order valence-corrected chi connectivity index (χ1v) is 10.1. The van der Waals surface area contributed by atoms with Crippen LogP contribution in [0.1, 0.15) is 23.1 Å². The summed E-state index contributed by atoms with van der Waals surface area (Å²) < 4.78 is 24.8. The van der Waals surface area contributed by atoms with Crippen molar-refractivity contribution in [3.05, 3.63) is 65.0 Å². The Balaban J connectivity index is 1.50. The smallest absolute Gasteiger partial charge is 0.191 e. The van der Waals surface area contributed by atoms with Gasteiger partial charge in [-0.3, -0.25) is 4.99 Å². The second-order valence-electron chi connectivity index (χ2n) is 7.38. The standard InChI is InChI=1S/C23H30FN3O2/c1-17-6-7-20(22(12-17)29-16-19-9-11-28-15-19)14-27-23(25-2)26-10-8-18-4-3-5-21(24)13-18/h3-7,12-13,19H,8-11,14-16H2,1-2H3,(H2,25,26,27). The Morgan fingerprint density at radius 3 is 2.90 bits per heavy atom. The lowest BCUT2D eigenvalue weighted by Crippen LogP contribution is -2.38. The predicted molar refractivity (Wildman–Crippen MR) is 114 cm³/mol. The molecular formula is C23H30FN3O2. The molecule has 0 saturated carbocycles. The molecule has 2 N–H and O–H groups in total. The third kappa shape index (κ3) is 6.75. The summed E-state index contributed by atoms with van der Waals surface area (Å²) in [4.78, 5) is 4.27. The molecule has 3 rings (SSSR count). The SMILES string of the molecule is CN=C(NCCc1cccc(F)c1)NCc1ccc(C)cc1OCC1CCOC1. The zero-order valence-corrected chi connectivity index (χ0v) is 17.2. The number of hydrogen-bond donors (Lipinski definition) is 2. The Kier molecular flexibility index (Phi) is 7.87. The van der Waals surface area contributed by atoms with Gasteiger partial charge in [-0.1, -0.05) is 24.3 Å². The second-order valence-corrected chi connectivity index (χ2v) is 7.38. The molecule has 29 heavy (non-hydrogen) atoms. The molecule has 156 valence electrons. The van der Waals surface area contributed by atoms with Gasteiger partial charge in [0.15, 0.2) is 5.96 Å². The van der Waals surface area contributed by atoms with Crippen LogP contribution in [0.4, 0.5) is 4.39 Å². The minimum Gasteiger partial charge on any atom is -0.493 e. The van der Waals surface area contributed by atoms with Gasteiger partial charge in [-0.2, -0.15) is 0 Å². The maximum atomic E-state index is 13.3. The van der Waals surface area contributed by atoms with Gasteiger partial charge in [0.05, 0.1) is 13.2 Å². The highest BCUT2D eigenvalue weighted by atomic mass is 19.1. The molecule has 0 amide bonds. The van der Waals surface area contributed by atoms with Crippen molar-refractivity contribution in [3.8, 4) is 5.75 Å². The molecule has 2 aromatic carbocycles. The van der Waals surface area contributed by atoms with E-state index in [4.69, 9.17) is 9.47 Å². The molecule has 1 aliphatic rings. The van der Waals surface area contributed by atoms with Crippen LogP contribution in [0.3, 0.4) is 0 Å². The van der Waals surface area contributed by atoms with Crippen LogP contribution in [-0.4, -0.2) is 39.4 Å². The molecule has 1 heterocycles. The van der Waals surface area contributed by atoms with Gasteiger partial charge < -0.3 is 20.1 Å². The number of rotatable bonds is 8. The molecule has 0 aliphatic carbocycles. The van der Waals surface area contributed by atoms with E-state index < -0.39 is 0 Å². The first-order valence-electron chi connectivity index (χ1n) is 10.1. The average molecular weight is 400 g/mol. The van der Waals surface area contributed by atoms with E-state index in [0.717, 1.165) is 42.9 Å². The average Bonchev–Trinajstić information content (AvgIpc) is 3.23. The number of ether oxygens (including phenoxy) is 2. The van der Waals surface area contributed by atoms with Gasteiger partial charge >= 0.3 is 0 Å². The van der Waals surface area contributed by atoms with Crippen LogP contribution in [0.2, 0.25) is 0 Å². The highest BCUT2D eigenvalue weighted by molar-refractivity contribution is 5.79. The van der Waals surface area contributed by atoms with Crippen molar-refractivity contribution in [2.45, 2.75) is 26.3 Å². The van der Waals surface area contributed by atoms with Gasteiger partial charge in [0, 0.05) is 38.2 Å². The number of hydrogen-bond acceptors (Lipinski definition) is 3. The molecular weight excluding hydrogens is 369 g/mol. The van der Waals surface area contributed by atoms with Crippen molar-refractivity contribution in [2.75, 3.05) is 33.4 Å². The van der Waals surface area contributed by atoms with E-state index in [2.05, 4.69) is 40.7 Å². The van der Waals surface area contributed by atoms with Gasteiger partial charge in [-0.15, -0.1) is 0 Å². The third-order valence-electron chi connectivity index (χ3n) is 4.99. The Labute approximate surface area is 172 Å². The lowest BCUT2D eigenvalue weighted by Gasteiger charge is -2.17. The van der Waals surface area contributed by atoms with Crippen LogP contribution in [-0.2, 0) is 17.7 Å². The second kappa shape index (κ2) is 10.8. The summed E-state index contributed by atoms with van der Waals surface area (Å²) in [5, 5.41) is 6.61. The molecule has 1 aliphatic heterocycles. The fourth-order valence-electron chi connectivity index (χ4n) is 3.28. The fourth-order valence-corrected chi connectivity index (χ4v) is 3.28. The molecule has 0 radical (unpaired) electrons. The van der Waals surface area contributed by atoms with Gasteiger partial charge in [-0.05, 0) is 49.1 Å². The number of nitrogens with zero attached hydrogens (tertiary/aromatic N) is 1. The van der Waals surface area contributed by atoms with Crippen molar-refractivity contribution >= 4 is 5.96 Å². The third-order valence-corrected chi connectivity index (χ3v) is 4.99. The first kappa shape index (κ1) is 21.1. The van der Waals surface area contributed by atoms with Crippen LogP contribution in [0, 0.1) is 18.7 Å². The molecule has 0 aromatic heterocycles. The van der Waals surface area contributed by atoms with E-state index in [1.165, 1.54) is 11.6 Å². The van der Waals surface area contributed by atoms with E-state index >= 15 is 0 Å². The van der Waals surface area contributed by atoms with Crippen LogP contribution < -0.4 is 15.4 Å². The number of aryl methyl sites for hydroxylation is 1. The minimum absolute atomic E-state index is 0.207. The molecule has 1 fully saturated rings. The zero-order chi connectivity index (χ0) is 20.5. The van der Waals surface area contributed by atoms with Crippen LogP contribution in [0.25, 0.3) is 0 Å². The fraction of sp³-hybridized carbons (Fsp3) is 0.435. The number of nitrogens with one attached hydrogen (secondary N) is 2. The number of guanidine groups is 1.